The summed E-state index contributed by atoms with van der Waals surface area (Å²) < 4.78 is 7.78. The third kappa shape index (κ3) is 4.10. The van der Waals surface area contributed by atoms with Crippen molar-refractivity contribution in [3.63, 3.8) is 0 Å². The molecule has 0 aliphatic carbocycles. The minimum atomic E-state index is 0.436. The maximum absolute atomic E-state index is 9.79. The fraction of sp³-hybridized carbons (Fsp3) is 0.148. The van der Waals surface area contributed by atoms with Crippen LogP contribution < -0.4 is 15.4 Å². The minimum Gasteiger partial charge on any atom is -0.457 e. The van der Waals surface area contributed by atoms with Gasteiger partial charge >= 0.3 is 0 Å². The number of ether oxygens (including phenoxy) is 1. The fourth-order valence-corrected chi connectivity index (χ4v) is 4.28. The zero-order chi connectivity index (χ0) is 24.5. The summed E-state index contributed by atoms with van der Waals surface area (Å²) in [6.45, 7) is 3.73. The molecule has 176 valence electrons. The molecule has 4 aromatic heterocycles. The third-order valence-electron chi connectivity index (χ3n) is 6.15. The van der Waals surface area contributed by atoms with E-state index in [2.05, 4.69) is 37.8 Å². The van der Waals surface area contributed by atoms with Crippen LogP contribution in [0.3, 0.4) is 0 Å². The number of benzene rings is 1. The molecule has 0 amide bonds. The predicted octanol–water partition coefficient (Wildman–Crippen LogP) is 4.77. The van der Waals surface area contributed by atoms with Gasteiger partial charge in [0.05, 0.1) is 22.5 Å². The SMILES string of the molecule is Cc1cc(Nc2c(C#N)cnc3ccc(C4=CCNCC4)nc23)ccc1Oc1ccn2ncnc2c1. The van der Waals surface area contributed by atoms with Crippen molar-refractivity contribution < 1.29 is 4.74 Å². The van der Waals surface area contributed by atoms with E-state index in [4.69, 9.17) is 9.72 Å². The largest absolute Gasteiger partial charge is 0.457 e. The second-order valence-electron chi connectivity index (χ2n) is 8.54. The summed E-state index contributed by atoms with van der Waals surface area (Å²) in [6, 6.07) is 15.7. The molecule has 0 saturated carbocycles. The Hall–Kier alpha value is -4.81. The maximum atomic E-state index is 9.79. The van der Waals surface area contributed by atoms with Gasteiger partial charge in [0.25, 0.3) is 0 Å². The van der Waals surface area contributed by atoms with Crippen LogP contribution in [0.5, 0.6) is 11.5 Å². The highest BCUT2D eigenvalue weighted by atomic mass is 16.5. The molecule has 2 N–H and O–H groups in total. The number of hydrogen-bond acceptors (Lipinski definition) is 8. The van der Waals surface area contributed by atoms with E-state index in [9.17, 15) is 5.26 Å². The van der Waals surface area contributed by atoms with Crippen LogP contribution in [-0.4, -0.2) is 37.7 Å². The van der Waals surface area contributed by atoms with Crippen LogP contribution in [0.2, 0.25) is 0 Å². The Balaban J connectivity index is 1.32. The average molecular weight is 475 g/mol. The number of hydrogen-bond donors (Lipinski definition) is 2. The molecule has 5 heterocycles. The summed E-state index contributed by atoms with van der Waals surface area (Å²) in [4.78, 5) is 13.6. The summed E-state index contributed by atoms with van der Waals surface area (Å²) in [7, 11) is 0. The van der Waals surface area contributed by atoms with Gasteiger partial charge in [0.1, 0.15) is 29.4 Å². The lowest BCUT2D eigenvalue weighted by Crippen LogP contribution is -2.20. The van der Waals surface area contributed by atoms with E-state index in [1.165, 1.54) is 11.9 Å². The quantitative estimate of drug-likeness (QED) is 0.375. The number of rotatable bonds is 5. The summed E-state index contributed by atoms with van der Waals surface area (Å²) in [5.74, 6) is 1.40. The lowest BCUT2D eigenvalue weighted by molar-refractivity contribution is 0.478. The summed E-state index contributed by atoms with van der Waals surface area (Å²) in [6.07, 6.45) is 7.97. The Morgan fingerprint density at radius 1 is 1.14 bits per heavy atom. The van der Waals surface area contributed by atoms with Crippen molar-refractivity contribution in [2.45, 2.75) is 13.3 Å². The fourth-order valence-electron chi connectivity index (χ4n) is 4.28. The minimum absolute atomic E-state index is 0.436. The van der Waals surface area contributed by atoms with Gasteiger partial charge in [-0.1, -0.05) is 6.08 Å². The van der Waals surface area contributed by atoms with Crippen molar-refractivity contribution in [1.82, 2.24) is 29.9 Å². The Morgan fingerprint density at radius 2 is 2.08 bits per heavy atom. The lowest BCUT2D eigenvalue weighted by atomic mass is 10.0. The number of aromatic nitrogens is 5. The van der Waals surface area contributed by atoms with E-state index in [0.29, 0.717) is 28.2 Å². The topological polar surface area (TPSA) is 113 Å². The normalized spacial score (nSPS) is 13.4. The number of pyridine rings is 3. The van der Waals surface area contributed by atoms with Crippen LogP contribution >= 0.6 is 0 Å². The molecule has 36 heavy (non-hydrogen) atoms. The monoisotopic (exact) mass is 474 g/mol. The Morgan fingerprint density at radius 3 is 2.92 bits per heavy atom. The molecule has 9 heteroatoms. The number of nitrogens with one attached hydrogen (secondary N) is 2. The van der Waals surface area contributed by atoms with Crippen LogP contribution in [0.4, 0.5) is 11.4 Å². The van der Waals surface area contributed by atoms with Gasteiger partial charge in [0.15, 0.2) is 5.65 Å². The summed E-state index contributed by atoms with van der Waals surface area (Å²) >= 11 is 0. The number of aryl methyl sites for hydroxylation is 1. The molecule has 6 rings (SSSR count). The molecule has 9 nitrogen and oxygen atoms in total. The number of fused-ring (bicyclic) bond motifs is 2. The average Bonchev–Trinajstić information content (AvgIpc) is 3.39. The number of nitrogens with zero attached hydrogens (tertiary/aromatic N) is 6. The molecule has 1 aromatic carbocycles. The van der Waals surface area contributed by atoms with Crippen molar-refractivity contribution >= 4 is 33.6 Å². The molecule has 5 aromatic rings. The first-order valence-corrected chi connectivity index (χ1v) is 11.6. The first-order valence-electron chi connectivity index (χ1n) is 11.6. The molecule has 0 saturated heterocycles. The standard InChI is InChI=1S/C27H22N8O/c1-17-12-20(2-5-24(17)36-21-8-11-35-25(13-21)31-16-32-35)33-26-19(14-28)15-30-23-4-3-22(34-27(23)26)18-6-9-29-10-7-18/h2-6,8,11-13,15-16,29H,7,9-10H2,1H3,(H,30,33). The van der Waals surface area contributed by atoms with E-state index in [-0.39, 0.29) is 0 Å². The van der Waals surface area contributed by atoms with Gasteiger partial charge < -0.3 is 15.4 Å². The van der Waals surface area contributed by atoms with Crippen molar-refractivity contribution in [3.05, 3.63) is 84.1 Å². The molecule has 0 spiro atoms. The van der Waals surface area contributed by atoms with Gasteiger partial charge in [-0.25, -0.2) is 14.5 Å². The van der Waals surface area contributed by atoms with E-state index in [0.717, 1.165) is 47.7 Å². The second-order valence-corrected chi connectivity index (χ2v) is 8.54. The van der Waals surface area contributed by atoms with Crippen molar-refractivity contribution in [3.8, 4) is 17.6 Å². The Bertz CT molecular complexity index is 1680. The van der Waals surface area contributed by atoms with Crippen LogP contribution in [0.25, 0.3) is 22.3 Å². The molecule has 1 aliphatic heterocycles. The highest BCUT2D eigenvalue weighted by molar-refractivity contribution is 5.93. The molecule has 0 atom stereocenters. The highest BCUT2D eigenvalue weighted by Crippen LogP contribution is 2.32. The van der Waals surface area contributed by atoms with Gasteiger partial charge in [0, 0.05) is 30.7 Å². The molecular weight excluding hydrogens is 452 g/mol. The van der Waals surface area contributed by atoms with Crippen LogP contribution in [0, 0.1) is 18.3 Å². The number of nitriles is 1. The van der Waals surface area contributed by atoms with Gasteiger partial charge in [-0.3, -0.25) is 4.98 Å². The Labute approximate surface area is 207 Å². The van der Waals surface area contributed by atoms with Crippen LogP contribution in [0.15, 0.2) is 67.3 Å². The van der Waals surface area contributed by atoms with Crippen molar-refractivity contribution in [2.75, 3.05) is 18.4 Å². The molecule has 0 bridgehead atoms. The summed E-state index contributed by atoms with van der Waals surface area (Å²) in [5, 5.41) is 20.6. The lowest BCUT2D eigenvalue weighted by Gasteiger charge is -2.16. The molecule has 0 fully saturated rings. The Kier molecular flexibility index (Phi) is 5.48. The molecule has 1 aliphatic rings. The first kappa shape index (κ1) is 21.7. The first-order chi connectivity index (χ1) is 17.7. The maximum Gasteiger partial charge on any atom is 0.158 e. The van der Waals surface area contributed by atoms with E-state index in [1.807, 2.05) is 55.6 Å². The summed E-state index contributed by atoms with van der Waals surface area (Å²) in [5.41, 5.74) is 7.07. The zero-order valence-corrected chi connectivity index (χ0v) is 19.6. The van der Waals surface area contributed by atoms with Gasteiger partial charge in [-0.05, 0) is 67.4 Å². The number of anilines is 2. The van der Waals surface area contributed by atoms with E-state index < -0.39 is 0 Å². The predicted molar refractivity (Wildman–Crippen MR) is 137 cm³/mol. The van der Waals surface area contributed by atoms with Crippen LogP contribution in [0.1, 0.15) is 23.2 Å². The highest BCUT2D eigenvalue weighted by Gasteiger charge is 2.15. The van der Waals surface area contributed by atoms with Crippen molar-refractivity contribution in [1.29, 1.82) is 5.26 Å². The molecular formula is C27H22N8O. The van der Waals surface area contributed by atoms with Crippen LogP contribution in [-0.2, 0) is 0 Å². The molecule has 0 unspecified atom stereocenters. The third-order valence-corrected chi connectivity index (χ3v) is 6.15. The second kappa shape index (κ2) is 9.09. The van der Waals surface area contributed by atoms with Crippen molar-refractivity contribution in [2.24, 2.45) is 0 Å². The van der Waals surface area contributed by atoms with Gasteiger partial charge in [-0.2, -0.15) is 10.4 Å². The zero-order valence-electron chi connectivity index (χ0n) is 19.6. The van der Waals surface area contributed by atoms with E-state index in [1.54, 1.807) is 10.7 Å². The van der Waals surface area contributed by atoms with E-state index >= 15 is 0 Å². The van der Waals surface area contributed by atoms with Gasteiger partial charge in [-0.15, -0.1) is 0 Å². The molecule has 0 radical (unpaired) electrons. The smallest absolute Gasteiger partial charge is 0.158 e. The van der Waals surface area contributed by atoms with Gasteiger partial charge in [0.2, 0.25) is 0 Å².